The highest BCUT2D eigenvalue weighted by Gasteiger charge is 2.46. The molecule has 16 nitrogen and oxygen atoms in total. The number of nitrogens with zero attached hydrogens (tertiary/aromatic N) is 7. The van der Waals surface area contributed by atoms with Crippen molar-refractivity contribution in [3.05, 3.63) is 108 Å². The van der Waals surface area contributed by atoms with E-state index in [9.17, 15) is 28.8 Å². The number of rotatable bonds is 9. The van der Waals surface area contributed by atoms with Crippen molar-refractivity contribution in [2.24, 2.45) is 5.92 Å². The van der Waals surface area contributed by atoms with Crippen molar-refractivity contribution in [2.75, 3.05) is 30.4 Å². The summed E-state index contributed by atoms with van der Waals surface area (Å²) in [7, 11) is 1.69. The maximum Gasteiger partial charge on any atom is 0.272 e. The topological polar surface area (TPSA) is 189 Å². The van der Waals surface area contributed by atoms with Gasteiger partial charge in [-0.25, -0.2) is 9.07 Å². The predicted molar refractivity (Wildman–Crippen MR) is 220 cm³/mol. The first-order valence-corrected chi connectivity index (χ1v) is 19.8. The molecule has 3 aliphatic rings. The fraction of sp³-hybridized carbons (Fsp3) is 0.295. The number of ether oxygens (including phenoxy) is 1. The predicted octanol–water partition coefficient (Wildman–Crippen LogP) is 5.39. The quantitative estimate of drug-likeness (QED) is 0.181. The van der Waals surface area contributed by atoms with Crippen LogP contribution in [0.4, 0.5) is 15.8 Å². The lowest BCUT2D eigenvalue weighted by molar-refractivity contribution is -0.136. The van der Waals surface area contributed by atoms with Crippen LogP contribution in [0.1, 0.15) is 77.7 Å². The van der Waals surface area contributed by atoms with E-state index in [1.807, 2.05) is 25.7 Å². The van der Waals surface area contributed by atoms with Gasteiger partial charge in [0, 0.05) is 61.7 Å². The minimum absolute atomic E-state index is 0.0201. The summed E-state index contributed by atoms with van der Waals surface area (Å²) in [5.41, 5.74) is 2.32. The van der Waals surface area contributed by atoms with Crippen molar-refractivity contribution < 1.29 is 37.9 Å². The van der Waals surface area contributed by atoms with E-state index in [1.165, 1.54) is 29.1 Å². The molecule has 17 heteroatoms. The average Bonchev–Trinajstić information content (AvgIpc) is 3.83. The van der Waals surface area contributed by atoms with Crippen LogP contribution in [-0.2, 0) is 14.4 Å². The first kappa shape index (κ1) is 40.5. The third-order valence-electron chi connectivity index (χ3n) is 11.2. The summed E-state index contributed by atoms with van der Waals surface area (Å²) in [6.07, 6.45) is 4.34. The van der Waals surface area contributed by atoms with Gasteiger partial charge in [0.2, 0.25) is 17.7 Å². The number of imide groups is 2. The van der Waals surface area contributed by atoms with Gasteiger partial charge in [0.25, 0.3) is 17.7 Å². The van der Waals surface area contributed by atoms with Crippen molar-refractivity contribution in [1.82, 2.24) is 35.1 Å². The van der Waals surface area contributed by atoms with Crippen LogP contribution in [0.3, 0.4) is 0 Å². The minimum Gasteiger partial charge on any atom is -0.457 e. The van der Waals surface area contributed by atoms with Crippen LogP contribution in [0.2, 0.25) is 0 Å². The molecule has 0 spiro atoms. The third kappa shape index (κ3) is 8.05. The van der Waals surface area contributed by atoms with Crippen molar-refractivity contribution >= 4 is 46.8 Å². The Morgan fingerprint density at radius 2 is 1.72 bits per heavy atom. The lowest BCUT2D eigenvalue weighted by Gasteiger charge is -2.34. The molecule has 2 saturated heterocycles. The van der Waals surface area contributed by atoms with Gasteiger partial charge in [-0.05, 0) is 82.5 Å². The second-order valence-corrected chi connectivity index (χ2v) is 16.2. The molecule has 5 aromatic rings. The summed E-state index contributed by atoms with van der Waals surface area (Å²) in [5, 5.41) is 13.6. The molecule has 2 fully saturated rings. The molecule has 0 bridgehead atoms. The van der Waals surface area contributed by atoms with E-state index in [1.54, 1.807) is 72.7 Å². The highest BCUT2D eigenvalue weighted by atomic mass is 19.1. The zero-order chi connectivity index (χ0) is 43.2. The van der Waals surface area contributed by atoms with Crippen molar-refractivity contribution in [3.63, 3.8) is 0 Å². The Morgan fingerprint density at radius 1 is 0.934 bits per heavy atom. The molecule has 5 heterocycles. The number of piperidine rings is 2. The first-order chi connectivity index (χ1) is 29.2. The van der Waals surface area contributed by atoms with Crippen LogP contribution in [0.5, 0.6) is 11.5 Å². The van der Waals surface area contributed by atoms with Crippen LogP contribution in [-0.4, -0.2) is 96.9 Å². The molecule has 8 rings (SSSR count). The largest absolute Gasteiger partial charge is 0.457 e. The van der Waals surface area contributed by atoms with E-state index in [0.717, 1.165) is 4.90 Å². The lowest BCUT2D eigenvalue weighted by Crippen LogP contribution is -2.54. The first-order valence-electron chi connectivity index (χ1n) is 19.8. The summed E-state index contributed by atoms with van der Waals surface area (Å²) < 4.78 is 22.7. The van der Waals surface area contributed by atoms with Crippen LogP contribution >= 0.6 is 0 Å². The Hall–Kier alpha value is -7.30. The fourth-order valence-electron chi connectivity index (χ4n) is 7.63. The normalized spacial score (nSPS) is 17.9. The van der Waals surface area contributed by atoms with Crippen molar-refractivity contribution in [1.29, 1.82) is 0 Å². The lowest BCUT2D eigenvalue weighted by atomic mass is 9.95. The number of carbonyl (C=O) groups is 6. The number of amides is 6. The Morgan fingerprint density at radius 3 is 2.49 bits per heavy atom. The van der Waals surface area contributed by atoms with Gasteiger partial charge in [-0.2, -0.15) is 0 Å². The Kier molecular flexibility index (Phi) is 10.6. The number of hydrogen-bond donors (Lipinski definition) is 2. The number of hydrogen-bond acceptors (Lipinski definition) is 11. The van der Waals surface area contributed by atoms with E-state index in [2.05, 4.69) is 25.9 Å². The molecule has 2 aromatic heterocycles. The maximum absolute atomic E-state index is 15.5. The molecule has 312 valence electrons. The minimum atomic E-state index is -1.08. The molecule has 0 aliphatic carbocycles. The van der Waals surface area contributed by atoms with Gasteiger partial charge in [0.1, 0.15) is 34.6 Å². The number of carbonyl (C=O) groups excluding carboxylic acids is 6. The number of pyridine rings is 1. The smallest absolute Gasteiger partial charge is 0.272 e. The SMILES string of the molecule is CN(C(=O)c1cc(Oc2ccc(-n3cc(-c4cccc(NC(=O)C5CCCN(c6cccc7c6C(=O)N(C6CCC(=O)NC6=O)C7=O)C5)c4)nn3)c(F)c2)ccn1)C(C)(C)C. The van der Waals surface area contributed by atoms with E-state index < -0.39 is 46.9 Å². The number of nitrogens with one attached hydrogen (secondary N) is 2. The van der Waals surface area contributed by atoms with Crippen LogP contribution in [0, 0.1) is 11.7 Å². The van der Waals surface area contributed by atoms with Gasteiger partial charge >= 0.3 is 0 Å². The van der Waals surface area contributed by atoms with E-state index in [4.69, 9.17) is 4.74 Å². The maximum atomic E-state index is 15.5. The molecule has 0 radical (unpaired) electrons. The Bertz CT molecular complexity index is 2620. The zero-order valence-electron chi connectivity index (χ0n) is 33.8. The number of fused-ring (bicyclic) bond motifs is 1. The second kappa shape index (κ2) is 16.0. The molecular weight excluding hydrogens is 786 g/mol. The number of anilines is 2. The van der Waals surface area contributed by atoms with E-state index >= 15 is 4.39 Å². The summed E-state index contributed by atoms with van der Waals surface area (Å²) in [6, 6.07) is 18.3. The monoisotopic (exact) mass is 827 g/mol. The van der Waals surface area contributed by atoms with Gasteiger partial charge in [0.15, 0.2) is 5.82 Å². The van der Waals surface area contributed by atoms with Gasteiger partial charge in [-0.3, -0.25) is 44.0 Å². The molecule has 2 unspecified atom stereocenters. The molecule has 3 aliphatic heterocycles. The highest BCUT2D eigenvalue weighted by Crippen LogP contribution is 2.36. The second-order valence-electron chi connectivity index (χ2n) is 16.2. The van der Waals surface area contributed by atoms with Crippen molar-refractivity contribution in [3.8, 4) is 28.4 Å². The Balaban J connectivity index is 0.921. The Labute approximate surface area is 349 Å². The van der Waals surface area contributed by atoms with Gasteiger partial charge in [-0.1, -0.05) is 23.4 Å². The summed E-state index contributed by atoms with van der Waals surface area (Å²) in [5.74, 6) is -3.40. The summed E-state index contributed by atoms with van der Waals surface area (Å²) in [6.45, 7) is 6.57. The number of benzene rings is 3. The van der Waals surface area contributed by atoms with Gasteiger partial charge < -0.3 is 19.9 Å². The molecule has 2 atom stereocenters. The fourth-order valence-corrected chi connectivity index (χ4v) is 7.63. The number of aromatic nitrogens is 4. The number of halogens is 1. The summed E-state index contributed by atoms with van der Waals surface area (Å²) >= 11 is 0. The highest BCUT2D eigenvalue weighted by molar-refractivity contribution is 6.25. The molecule has 0 saturated carbocycles. The molecular formula is C44H42FN9O7. The van der Waals surface area contributed by atoms with Crippen molar-refractivity contribution in [2.45, 2.75) is 58.0 Å². The van der Waals surface area contributed by atoms with E-state index in [0.29, 0.717) is 47.8 Å². The molecule has 6 amide bonds. The van der Waals surface area contributed by atoms with Crippen LogP contribution in [0.15, 0.2) is 85.2 Å². The molecule has 61 heavy (non-hydrogen) atoms. The molecule has 2 N–H and O–H groups in total. The van der Waals surface area contributed by atoms with Gasteiger partial charge in [0.05, 0.1) is 28.9 Å². The van der Waals surface area contributed by atoms with Crippen LogP contribution in [0.25, 0.3) is 16.9 Å². The van der Waals surface area contributed by atoms with Gasteiger partial charge in [-0.15, -0.1) is 5.10 Å². The zero-order valence-corrected chi connectivity index (χ0v) is 33.8. The standard InChI is InChI=1S/C44H42FN9O7/c1-44(2,3)51(4)42(59)32-22-29(17-18-46-32)61-28-13-14-34(31(45)21-28)53-24-33(49-50-53)25-8-5-10-27(20-25)47-39(56)26-9-7-19-52(23-26)35-12-6-11-30-38(35)43(60)54(41(30)58)36-15-16-37(55)48-40(36)57/h5-6,8,10-14,17-18,20-22,24,26,36H,7,9,15-16,19,23H2,1-4H3,(H,47,56)(H,48,55,57). The molecule has 3 aromatic carbocycles. The van der Waals surface area contributed by atoms with E-state index in [-0.39, 0.29) is 59.5 Å². The third-order valence-corrected chi connectivity index (χ3v) is 11.2. The summed E-state index contributed by atoms with van der Waals surface area (Å²) in [4.78, 5) is 86.7. The average molecular weight is 828 g/mol. The van der Waals surface area contributed by atoms with Crippen LogP contribution < -0.4 is 20.3 Å².